The third-order valence-corrected chi connectivity index (χ3v) is 5.94. The number of rotatable bonds is 2. The first kappa shape index (κ1) is 18.4. The summed E-state index contributed by atoms with van der Waals surface area (Å²) in [6.07, 6.45) is 1.24. The number of likely N-dealkylation sites (N-methyl/N-ethyl adjacent to an activating group) is 1. The lowest BCUT2D eigenvalue weighted by molar-refractivity contribution is -0.126. The van der Waals surface area contributed by atoms with Gasteiger partial charge in [0.2, 0.25) is 5.96 Å². The Kier molecular flexibility index (Phi) is 3.92. The number of imide groups is 1. The lowest BCUT2D eigenvalue weighted by Crippen LogP contribution is -2.62. The normalized spacial score (nSPS) is 22.6. The van der Waals surface area contributed by atoms with Crippen molar-refractivity contribution in [3.05, 3.63) is 71.2 Å². The topological polar surface area (TPSA) is 68.2 Å². The molecule has 1 N–H and O–H groups in total. The predicted molar refractivity (Wildman–Crippen MR) is 111 cm³/mol. The van der Waals surface area contributed by atoms with Gasteiger partial charge in [-0.1, -0.05) is 12.1 Å². The van der Waals surface area contributed by atoms with Gasteiger partial charge in [-0.2, -0.15) is 0 Å². The third kappa shape index (κ3) is 2.53. The van der Waals surface area contributed by atoms with Crippen molar-refractivity contribution in [1.29, 1.82) is 0 Å². The highest BCUT2D eigenvalue weighted by Crippen LogP contribution is 2.40. The first-order valence-electron chi connectivity index (χ1n) is 9.64. The van der Waals surface area contributed by atoms with Crippen LogP contribution in [0, 0.1) is 19.7 Å². The molecule has 2 unspecified atom stereocenters. The number of carbonyl (C=O) groups excluding carboxylic acids is 2. The minimum atomic E-state index is -0.659. The minimum Gasteiger partial charge on any atom is -0.303 e. The second-order valence-corrected chi connectivity index (χ2v) is 7.68. The van der Waals surface area contributed by atoms with Crippen molar-refractivity contribution in [2.45, 2.75) is 26.1 Å². The standard InChI is InChI=1S/C22H20FN5O2/c1-12-5-4-6-16(13(12)2)28-17(14-7-9-15(23)10-8-14)11-27-18-19(24-21(27)28)26(3)22(30)25-20(18)29/h4-11,18-19H,1-3H3,(H,25,29,30). The number of anilines is 1. The van der Waals surface area contributed by atoms with Crippen molar-refractivity contribution in [2.24, 2.45) is 4.99 Å². The van der Waals surface area contributed by atoms with Gasteiger partial charge in [-0.3, -0.25) is 19.9 Å². The van der Waals surface area contributed by atoms with E-state index in [0.717, 1.165) is 28.1 Å². The quantitative estimate of drug-likeness (QED) is 0.834. The Morgan fingerprint density at radius 3 is 2.53 bits per heavy atom. The van der Waals surface area contributed by atoms with Gasteiger partial charge in [0, 0.05) is 18.8 Å². The van der Waals surface area contributed by atoms with Crippen LogP contribution in [-0.2, 0) is 4.79 Å². The van der Waals surface area contributed by atoms with Gasteiger partial charge in [-0.25, -0.2) is 14.2 Å². The predicted octanol–water partition coefficient (Wildman–Crippen LogP) is 2.81. The lowest BCUT2D eigenvalue weighted by atomic mass is 10.1. The molecule has 5 rings (SSSR count). The molecule has 7 nitrogen and oxygen atoms in total. The van der Waals surface area contributed by atoms with Crippen LogP contribution in [-0.4, -0.2) is 47.0 Å². The summed E-state index contributed by atoms with van der Waals surface area (Å²) in [4.78, 5) is 34.7. The number of urea groups is 1. The van der Waals surface area contributed by atoms with Crippen LogP contribution in [0.2, 0.25) is 0 Å². The molecule has 0 bridgehead atoms. The second-order valence-electron chi connectivity index (χ2n) is 7.68. The molecule has 152 valence electrons. The van der Waals surface area contributed by atoms with Crippen molar-refractivity contribution < 1.29 is 14.0 Å². The van der Waals surface area contributed by atoms with Crippen molar-refractivity contribution in [3.8, 4) is 0 Å². The zero-order chi connectivity index (χ0) is 21.2. The Labute approximate surface area is 173 Å². The Bertz CT molecular complexity index is 1140. The maximum atomic E-state index is 13.5. The van der Waals surface area contributed by atoms with E-state index in [1.165, 1.54) is 17.0 Å². The average Bonchev–Trinajstić information content (AvgIpc) is 3.26. The van der Waals surface area contributed by atoms with Gasteiger partial charge in [0.1, 0.15) is 5.82 Å². The number of hydrogen-bond acceptors (Lipinski definition) is 5. The number of fused-ring (bicyclic) bond motifs is 3. The number of halogens is 1. The summed E-state index contributed by atoms with van der Waals surface area (Å²) in [6, 6.07) is 11.1. The highest BCUT2D eigenvalue weighted by atomic mass is 19.1. The molecule has 30 heavy (non-hydrogen) atoms. The molecule has 0 saturated carbocycles. The van der Waals surface area contributed by atoms with E-state index in [9.17, 15) is 14.0 Å². The smallest absolute Gasteiger partial charge is 0.303 e. The van der Waals surface area contributed by atoms with E-state index in [1.807, 2.05) is 43.1 Å². The highest BCUT2D eigenvalue weighted by Gasteiger charge is 2.52. The number of hydrogen-bond donors (Lipinski definition) is 1. The summed E-state index contributed by atoms with van der Waals surface area (Å²) in [5.74, 6) is -0.144. The monoisotopic (exact) mass is 405 g/mol. The Morgan fingerprint density at radius 2 is 1.80 bits per heavy atom. The maximum Gasteiger partial charge on any atom is 0.325 e. The molecule has 3 aliphatic rings. The molecule has 0 spiro atoms. The number of nitrogens with one attached hydrogen (secondary N) is 1. The second kappa shape index (κ2) is 6.41. The van der Waals surface area contributed by atoms with Gasteiger partial charge < -0.3 is 4.90 Å². The largest absolute Gasteiger partial charge is 0.325 e. The Balaban J connectivity index is 1.68. The van der Waals surface area contributed by atoms with Crippen LogP contribution >= 0.6 is 0 Å². The average molecular weight is 405 g/mol. The first-order chi connectivity index (χ1) is 14.4. The number of nitrogens with zero attached hydrogens (tertiary/aromatic N) is 4. The summed E-state index contributed by atoms with van der Waals surface area (Å²) in [5.41, 5.74) is 4.68. The SMILES string of the molecule is Cc1cccc(N2C(c3ccc(F)cc3)=CN3C2=NC2C3C(=O)NC(=O)N2C)c1C. The van der Waals surface area contributed by atoms with Crippen molar-refractivity contribution in [3.63, 3.8) is 0 Å². The molecule has 2 atom stereocenters. The number of benzene rings is 2. The van der Waals surface area contributed by atoms with Crippen LogP contribution < -0.4 is 10.2 Å². The fourth-order valence-electron chi connectivity index (χ4n) is 4.12. The molecule has 0 aromatic heterocycles. The molecule has 2 aromatic rings. The van der Waals surface area contributed by atoms with Crippen molar-refractivity contribution in [2.75, 3.05) is 11.9 Å². The Morgan fingerprint density at radius 1 is 1.07 bits per heavy atom. The van der Waals surface area contributed by atoms with Gasteiger partial charge in [-0.05, 0) is 55.3 Å². The van der Waals surface area contributed by atoms with Crippen LogP contribution in [0.4, 0.5) is 14.9 Å². The number of guanidine groups is 1. The van der Waals surface area contributed by atoms with Crippen LogP contribution in [0.5, 0.6) is 0 Å². The van der Waals surface area contributed by atoms with Crippen molar-refractivity contribution in [1.82, 2.24) is 15.1 Å². The molecule has 0 aliphatic carbocycles. The van der Waals surface area contributed by atoms with E-state index in [4.69, 9.17) is 4.99 Å². The van der Waals surface area contributed by atoms with Gasteiger partial charge in [0.25, 0.3) is 5.91 Å². The van der Waals surface area contributed by atoms with Gasteiger partial charge in [0.15, 0.2) is 12.2 Å². The number of aryl methyl sites for hydroxylation is 1. The molecule has 0 radical (unpaired) electrons. The molecule has 1 saturated heterocycles. The first-order valence-corrected chi connectivity index (χ1v) is 9.64. The van der Waals surface area contributed by atoms with E-state index in [2.05, 4.69) is 5.32 Å². The van der Waals surface area contributed by atoms with Crippen LogP contribution in [0.15, 0.2) is 53.7 Å². The molecule has 2 aromatic carbocycles. The lowest BCUT2D eigenvalue weighted by Gasteiger charge is -2.34. The number of aliphatic imine (C=N–C) groups is 1. The van der Waals surface area contributed by atoms with E-state index in [-0.39, 0.29) is 11.7 Å². The summed E-state index contributed by atoms with van der Waals surface area (Å²) >= 11 is 0. The van der Waals surface area contributed by atoms with Gasteiger partial charge >= 0.3 is 6.03 Å². The fourth-order valence-corrected chi connectivity index (χ4v) is 4.12. The van der Waals surface area contributed by atoms with E-state index >= 15 is 0 Å². The third-order valence-electron chi connectivity index (χ3n) is 5.94. The summed E-state index contributed by atoms with van der Waals surface area (Å²) in [7, 11) is 1.62. The van der Waals surface area contributed by atoms with Gasteiger partial charge in [0.05, 0.1) is 11.4 Å². The summed E-state index contributed by atoms with van der Waals surface area (Å²) < 4.78 is 13.5. The van der Waals surface area contributed by atoms with Crippen molar-refractivity contribution >= 4 is 29.3 Å². The molecule has 1 fully saturated rings. The highest BCUT2D eigenvalue weighted by molar-refractivity contribution is 6.16. The minimum absolute atomic E-state index is 0.319. The summed E-state index contributed by atoms with van der Waals surface area (Å²) in [5, 5.41) is 2.39. The summed E-state index contributed by atoms with van der Waals surface area (Å²) in [6.45, 7) is 4.06. The zero-order valence-electron chi connectivity index (χ0n) is 16.8. The zero-order valence-corrected chi connectivity index (χ0v) is 16.8. The molecular weight excluding hydrogens is 385 g/mol. The molecular formula is C22H20FN5O2. The van der Waals surface area contributed by atoms with Crippen LogP contribution in [0.1, 0.15) is 16.7 Å². The molecule has 8 heteroatoms. The van der Waals surface area contributed by atoms with Crippen LogP contribution in [0.3, 0.4) is 0 Å². The van der Waals surface area contributed by atoms with E-state index < -0.39 is 18.2 Å². The number of amides is 3. The van der Waals surface area contributed by atoms with Crippen LogP contribution in [0.25, 0.3) is 5.70 Å². The molecule has 3 aliphatic heterocycles. The molecule has 3 amide bonds. The Hall–Kier alpha value is -3.68. The number of carbonyl (C=O) groups is 2. The maximum absolute atomic E-state index is 13.5. The van der Waals surface area contributed by atoms with E-state index in [0.29, 0.717) is 5.96 Å². The molecule has 3 heterocycles. The van der Waals surface area contributed by atoms with E-state index in [1.54, 1.807) is 24.1 Å². The fraction of sp³-hybridized carbons (Fsp3) is 0.227. The van der Waals surface area contributed by atoms with Gasteiger partial charge in [-0.15, -0.1) is 0 Å².